The van der Waals surface area contributed by atoms with Gasteiger partial charge in [0.2, 0.25) is 11.2 Å². The molecule has 0 atom stereocenters. The summed E-state index contributed by atoms with van der Waals surface area (Å²) in [5.41, 5.74) is 2.06. The van der Waals surface area contributed by atoms with Crippen LogP contribution in [0.4, 0.5) is 0 Å². The smallest absolute Gasteiger partial charge is 0.235 e. The molecule has 7 nitrogen and oxygen atoms in total. The minimum absolute atomic E-state index is 0.0950. The summed E-state index contributed by atoms with van der Waals surface area (Å²) >= 11 is 0. The lowest BCUT2D eigenvalue weighted by Gasteiger charge is -2.10. The molecule has 2 aromatic heterocycles. The Kier molecular flexibility index (Phi) is 3.43. The molecule has 2 heterocycles. The fraction of sp³-hybridized carbons (Fsp3) is 0.0526. The maximum absolute atomic E-state index is 12.7. The van der Waals surface area contributed by atoms with Crippen LogP contribution in [0.2, 0.25) is 0 Å². The van der Waals surface area contributed by atoms with Crippen molar-refractivity contribution in [3.8, 4) is 39.8 Å². The topological polar surface area (TPSA) is 120 Å². The number of aromatic nitrogens is 2. The van der Waals surface area contributed by atoms with Crippen LogP contribution in [0.3, 0.4) is 0 Å². The molecule has 7 heteroatoms. The van der Waals surface area contributed by atoms with Crippen LogP contribution in [0, 0.1) is 6.92 Å². The van der Waals surface area contributed by atoms with Crippen LogP contribution >= 0.6 is 0 Å². The second-order valence-electron chi connectivity index (χ2n) is 5.97. The maximum Gasteiger partial charge on any atom is 0.235 e. The van der Waals surface area contributed by atoms with E-state index in [-0.39, 0.29) is 33.8 Å². The molecular formula is C19H14N2O5. The average molecular weight is 350 g/mol. The Morgan fingerprint density at radius 3 is 2.58 bits per heavy atom. The summed E-state index contributed by atoms with van der Waals surface area (Å²) in [6.45, 7) is 1.84. The molecule has 0 radical (unpaired) electrons. The molecule has 4 aromatic rings. The van der Waals surface area contributed by atoms with E-state index in [4.69, 9.17) is 4.42 Å². The molecule has 0 bridgehead atoms. The van der Waals surface area contributed by atoms with E-state index in [0.717, 1.165) is 5.56 Å². The van der Waals surface area contributed by atoms with Gasteiger partial charge in [-0.2, -0.15) is 0 Å². The normalized spacial score (nSPS) is 11.1. The van der Waals surface area contributed by atoms with Gasteiger partial charge in [0.25, 0.3) is 0 Å². The zero-order chi connectivity index (χ0) is 18.4. The minimum atomic E-state index is -0.585. The Bertz CT molecular complexity index is 1190. The second-order valence-corrected chi connectivity index (χ2v) is 5.97. The number of nitrogens with one attached hydrogen (secondary N) is 1. The number of nitrogens with zero attached hydrogens (tertiary/aromatic N) is 1. The van der Waals surface area contributed by atoms with Crippen molar-refractivity contribution >= 4 is 11.0 Å². The van der Waals surface area contributed by atoms with Gasteiger partial charge in [0.05, 0.1) is 23.6 Å². The Labute approximate surface area is 146 Å². The third-order valence-electron chi connectivity index (χ3n) is 4.14. The molecule has 4 N–H and O–H groups in total. The lowest BCUT2D eigenvalue weighted by atomic mass is 10.0. The summed E-state index contributed by atoms with van der Waals surface area (Å²) < 4.78 is 5.87. The van der Waals surface area contributed by atoms with Crippen LogP contribution in [0.25, 0.3) is 33.6 Å². The molecule has 0 saturated carbocycles. The summed E-state index contributed by atoms with van der Waals surface area (Å²) in [4.78, 5) is 19.7. The van der Waals surface area contributed by atoms with E-state index in [1.54, 1.807) is 12.3 Å². The summed E-state index contributed by atoms with van der Waals surface area (Å²) in [6, 6.07) is 7.37. The predicted molar refractivity (Wildman–Crippen MR) is 95.2 cm³/mol. The molecule has 0 amide bonds. The van der Waals surface area contributed by atoms with Crippen LogP contribution in [0.1, 0.15) is 5.56 Å². The molecular weight excluding hydrogens is 336 g/mol. The van der Waals surface area contributed by atoms with Gasteiger partial charge in [-0.05, 0) is 42.8 Å². The Morgan fingerprint density at radius 2 is 1.88 bits per heavy atom. The van der Waals surface area contributed by atoms with Gasteiger partial charge in [-0.25, -0.2) is 4.98 Å². The highest BCUT2D eigenvalue weighted by molar-refractivity contribution is 5.93. The van der Waals surface area contributed by atoms with Crippen LogP contribution in [-0.2, 0) is 0 Å². The first kappa shape index (κ1) is 15.8. The first-order valence-electron chi connectivity index (χ1n) is 7.77. The molecule has 0 saturated heterocycles. The van der Waals surface area contributed by atoms with E-state index in [2.05, 4.69) is 9.97 Å². The Hall–Kier alpha value is -3.74. The molecule has 0 aliphatic carbocycles. The van der Waals surface area contributed by atoms with Crippen molar-refractivity contribution in [2.45, 2.75) is 6.92 Å². The number of aromatic hydroxyl groups is 3. The van der Waals surface area contributed by atoms with Crippen LogP contribution in [-0.4, -0.2) is 25.3 Å². The van der Waals surface area contributed by atoms with E-state index in [1.165, 1.54) is 24.5 Å². The number of rotatable bonds is 2. The Balaban J connectivity index is 2.09. The van der Waals surface area contributed by atoms with Gasteiger partial charge in [0, 0.05) is 11.1 Å². The highest BCUT2D eigenvalue weighted by Gasteiger charge is 2.19. The van der Waals surface area contributed by atoms with Crippen molar-refractivity contribution in [3.05, 3.63) is 58.6 Å². The zero-order valence-electron chi connectivity index (χ0n) is 13.6. The van der Waals surface area contributed by atoms with Gasteiger partial charge < -0.3 is 24.7 Å². The number of aromatic amines is 1. The molecule has 0 spiro atoms. The van der Waals surface area contributed by atoms with Gasteiger partial charge >= 0.3 is 0 Å². The summed E-state index contributed by atoms with van der Waals surface area (Å²) in [5, 5.41) is 29.8. The summed E-state index contributed by atoms with van der Waals surface area (Å²) in [5.74, 6) is -1.36. The summed E-state index contributed by atoms with van der Waals surface area (Å²) in [6.07, 6.45) is 3.12. The fourth-order valence-electron chi connectivity index (χ4n) is 2.90. The fourth-order valence-corrected chi connectivity index (χ4v) is 2.90. The van der Waals surface area contributed by atoms with E-state index >= 15 is 0 Å². The number of imidazole rings is 1. The molecule has 130 valence electrons. The molecule has 0 fully saturated rings. The molecule has 0 aliphatic rings. The van der Waals surface area contributed by atoms with Crippen LogP contribution in [0.15, 0.2) is 52.1 Å². The monoisotopic (exact) mass is 350 g/mol. The van der Waals surface area contributed by atoms with Crippen LogP contribution < -0.4 is 5.43 Å². The lowest BCUT2D eigenvalue weighted by Crippen LogP contribution is -2.04. The third-order valence-corrected chi connectivity index (χ3v) is 4.14. The van der Waals surface area contributed by atoms with Crippen molar-refractivity contribution in [1.29, 1.82) is 0 Å². The van der Waals surface area contributed by atoms with E-state index in [0.29, 0.717) is 11.3 Å². The number of H-pyrrole nitrogens is 1. The van der Waals surface area contributed by atoms with Crippen molar-refractivity contribution in [2.24, 2.45) is 0 Å². The SMILES string of the molecule is Cc1cc(-c2cnc[nH]2)c2oc(-c3ccc(O)c(O)c3)c(O)c(=O)c2c1. The zero-order valence-corrected chi connectivity index (χ0v) is 13.6. The number of benzene rings is 2. The third kappa shape index (κ3) is 2.37. The molecule has 2 aromatic carbocycles. The quantitative estimate of drug-likeness (QED) is 0.412. The number of aryl methyl sites for hydroxylation is 1. The first-order chi connectivity index (χ1) is 12.5. The van der Waals surface area contributed by atoms with E-state index in [9.17, 15) is 20.1 Å². The van der Waals surface area contributed by atoms with Gasteiger partial charge in [0.1, 0.15) is 5.58 Å². The van der Waals surface area contributed by atoms with Gasteiger partial charge in [-0.15, -0.1) is 0 Å². The van der Waals surface area contributed by atoms with Crippen molar-refractivity contribution in [3.63, 3.8) is 0 Å². The first-order valence-corrected chi connectivity index (χ1v) is 7.77. The minimum Gasteiger partial charge on any atom is -0.504 e. The largest absolute Gasteiger partial charge is 0.504 e. The number of hydrogen-bond donors (Lipinski definition) is 4. The number of hydrogen-bond acceptors (Lipinski definition) is 6. The highest BCUT2D eigenvalue weighted by Crippen LogP contribution is 2.37. The number of fused-ring (bicyclic) bond motifs is 1. The molecule has 26 heavy (non-hydrogen) atoms. The lowest BCUT2D eigenvalue weighted by molar-refractivity contribution is 0.403. The molecule has 4 rings (SSSR count). The standard InChI is InChI=1S/C19H14N2O5/c1-9-4-11(13-7-20-8-21-13)19-12(5-9)16(24)17(25)18(26-19)10-2-3-14(22)15(23)6-10/h2-8,22-23,25H,1H3,(H,20,21). The highest BCUT2D eigenvalue weighted by atomic mass is 16.4. The molecule has 0 aliphatic heterocycles. The number of phenolic OH excluding ortho intramolecular Hbond substituents is 2. The Morgan fingerprint density at radius 1 is 1.08 bits per heavy atom. The van der Waals surface area contributed by atoms with Crippen molar-refractivity contribution in [2.75, 3.05) is 0 Å². The van der Waals surface area contributed by atoms with E-state index in [1.807, 2.05) is 13.0 Å². The van der Waals surface area contributed by atoms with Gasteiger partial charge in [0.15, 0.2) is 17.3 Å². The molecule has 0 unspecified atom stereocenters. The van der Waals surface area contributed by atoms with Crippen molar-refractivity contribution in [1.82, 2.24) is 9.97 Å². The van der Waals surface area contributed by atoms with Gasteiger partial charge in [-0.3, -0.25) is 4.79 Å². The predicted octanol–water partition coefficient (Wildman–Crippen LogP) is 3.28. The van der Waals surface area contributed by atoms with Crippen LogP contribution in [0.5, 0.6) is 17.2 Å². The second kappa shape index (κ2) is 5.66. The van der Waals surface area contributed by atoms with E-state index < -0.39 is 11.2 Å². The van der Waals surface area contributed by atoms with Crippen molar-refractivity contribution < 1.29 is 19.7 Å². The van der Waals surface area contributed by atoms with Gasteiger partial charge in [-0.1, -0.05) is 0 Å². The summed E-state index contributed by atoms with van der Waals surface area (Å²) in [7, 11) is 0. The average Bonchev–Trinajstić information content (AvgIpc) is 3.15. The number of phenols is 2. The maximum atomic E-state index is 12.7.